The highest BCUT2D eigenvalue weighted by Gasteiger charge is 2.15. The molecule has 2 heterocycles. The number of fused-ring (bicyclic) bond motifs is 1. The molecular formula is C14H14FN3. The van der Waals surface area contributed by atoms with E-state index in [4.69, 9.17) is 0 Å². The normalized spacial score (nSPS) is 14.3. The topological polar surface area (TPSA) is 37.8 Å². The van der Waals surface area contributed by atoms with Crippen molar-refractivity contribution in [3.63, 3.8) is 0 Å². The molecule has 0 unspecified atom stereocenters. The second-order valence-corrected chi connectivity index (χ2v) is 4.49. The molecular weight excluding hydrogens is 229 g/mol. The summed E-state index contributed by atoms with van der Waals surface area (Å²) < 4.78 is 13.2. The molecule has 1 aromatic heterocycles. The van der Waals surface area contributed by atoms with Crippen LogP contribution in [-0.4, -0.2) is 16.5 Å². The maximum atomic E-state index is 13.2. The summed E-state index contributed by atoms with van der Waals surface area (Å²) >= 11 is 0. The average Bonchev–Trinajstić information content (AvgIpc) is 2.39. The summed E-state index contributed by atoms with van der Waals surface area (Å²) in [6, 6.07) is 6.41. The van der Waals surface area contributed by atoms with Crippen LogP contribution in [0.2, 0.25) is 0 Å². The fourth-order valence-electron chi connectivity index (χ4n) is 2.30. The third-order valence-electron chi connectivity index (χ3n) is 3.23. The molecule has 0 radical (unpaired) electrons. The molecule has 4 heteroatoms. The first-order valence-corrected chi connectivity index (χ1v) is 6.07. The molecule has 0 bridgehead atoms. The van der Waals surface area contributed by atoms with Crippen LogP contribution >= 0.6 is 0 Å². The van der Waals surface area contributed by atoms with Crippen LogP contribution < -0.4 is 5.32 Å². The molecule has 0 saturated carbocycles. The summed E-state index contributed by atoms with van der Waals surface area (Å²) in [5, 5.41) is 3.29. The number of aryl methyl sites for hydroxylation is 1. The van der Waals surface area contributed by atoms with E-state index in [9.17, 15) is 4.39 Å². The van der Waals surface area contributed by atoms with Crippen molar-refractivity contribution < 1.29 is 4.39 Å². The predicted molar refractivity (Wildman–Crippen MR) is 67.6 cm³/mol. The Bertz CT molecular complexity index is 596. The molecule has 0 aliphatic carbocycles. The van der Waals surface area contributed by atoms with Crippen LogP contribution in [-0.2, 0) is 13.0 Å². The highest BCUT2D eigenvalue weighted by molar-refractivity contribution is 5.56. The third-order valence-corrected chi connectivity index (χ3v) is 3.23. The van der Waals surface area contributed by atoms with Crippen molar-refractivity contribution in [2.24, 2.45) is 0 Å². The van der Waals surface area contributed by atoms with E-state index >= 15 is 0 Å². The Morgan fingerprint density at radius 2 is 2.17 bits per heavy atom. The first kappa shape index (κ1) is 11.3. The minimum atomic E-state index is -0.260. The van der Waals surface area contributed by atoms with Gasteiger partial charge in [-0.1, -0.05) is 12.1 Å². The van der Waals surface area contributed by atoms with Crippen molar-refractivity contribution in [2.75, 3.05) is 6.54 Å². The van der Waals surface area contributed by atoms with E-state index in [1.54, 1.807) is 6.07 Å². The molecule has 2 aromatic rings. The maximum Gasteiger partial charge on any atom is 0.159 e. The predicted octanol–water partition coefficient (Wildman–Crippen LogP) is 2.24. The van der Waals surface area contributed by atoms with Gasteiger partial charge in [0.1, 0.15) is 5.82 Å². The molecule has 18 heavy (non-hydrogen) atoms. The number of hydrogen-bond acceptors (Lipinski definition) is 3. The SMILES string of the molecule is Cc1nc(-c2cccc(F)c2)nc2c1CCNC2. The zero-order valence-electron chi connectivity index (χ0n) is 10.2. The van der Waals surface area contributed by atoms with E-state index in [0.717, 1.165) is 36.5 Å². The smallest absolute Gasteiger partial charge is 0.159 e. The fourth-order valence-corrected chi connectivity index (χ4v) is 2.30. The quantitative estimate of drug-likeness (QED) is 0.834. The van der Waals surface area contributed by atoms with Gasteiger partial charge in [-0.2, -0.15) is 0 Å². The van der Waals surface area contributed by atoms with Gasteiger partial charge in [-0.3, -0.25) is 0 Å². The number of aromatic nitrogens is 2. The number of halogens is 1. The van der Waals surface area contributed by atoms with E-state index in [-0.39, 0.29) is 5.82 Å². The van der Waals surface area contributed by atoms with Crippen LogP contribution in [0.25, 0.3) is 11.4 Å². The van der Waals surface area contributed by atoms with Crippen LogP contribution in [0.4, 0.5) is 4.39 Å². The van der Waals surface area contributed by atoms with Crippen molar-refractivity contribution >= 4 is 0 Å². The Balaban J connectivity index is 2.11. The molecule has 0 saturated heterocycles. The van der Waals surface area contributed by atoms with Crippen LogP contribution in [0.3, 0.4) is 0 Å². The summed E-state index contributed by atoms with van der Waals surface area (Å²) in [7, 11) is 0. The highest BCUT2D eigenvalue weighted by atomic mass is 19.1. The molecule has 1 aliphatic rings. The molecule has 1 N–H and O–H groups in total. The average molecular weight is 243 g/mol. The van der Waals surface area contributed by atoms with Crippen molar-refractivity contribution in [1.29, 1.82) is 0 Å². The Kier molecular flexibility index (Phi) is 2.80. The third kappa shape index (κ3) is 1.99. The standard InChI is InChI=1S/C14H14FN3/c1-9-12-5-6-16-8-13(12)18-14(17-9)10-3-2-4-11(15)7-10/h2-4,7,16H,5-6,8H2,1H3. The van der Waals surface area contributed by atoms with E-state index in [1.165, 1.54) is 17.7 Å². The van der Waals surface area contributed by atoms with Crippen molar-refractivity contribution in [3.8, 4) is 11.4 Å². The Morgan fingerprint density at radius 1 is 1.28 bits per heavy atom. The second-order valence-electron chi connectivity index (χ2n) is 4.49. The minimum Gasteiger partial charge on any atom is -0.311 e. The lowest BCUT2D eigenvalue weighted by Gasteiger charge is -2.18. The van der Waals surface area contributed by atoms with E-state index < -0.39 is 0 Å². The first-order chi connectivity index (χ1) is 8.74. The Hall–Kier alpha value is -1.81. The number of benzene rings is 1. The summed E-state index contributed by atoms with van der Waals surface area (Å²) in [6.07, 6.45) is 0.963. The maximum absolute atomic E-state index is 13.2. The molecule has 1 aliphatic heterocycles. The zero-order chi connectivity index (χ0) is 12.5. The summed E-state index contributed by atoms with van der Waals surface area (Å²) in [4.78, 5) is 9.04. The van der Waals surface area contributed by atoms with Crippen LogP contribution in [0.1, 0.15) is 17.0 Å². The number of rotatable bonds is 1. The largest absolute Gasteiger partial charge is 0.311 e. The molecule has 0 amide bonds. The molecule has 1 aromatic carbocycles. The molecule has 3 nitrogen and oxygen atoms in total. The number of nitrogens with zero attached hydrogens (tertiary/aromatic N) is 2. The van der Waals surface area contributed by atoms with Crippen molar-refractivity contribution in [1.82, 2.24) is 15.3 Å². The second kappa shape index (κ2) is 4.46. The summed E-state index contributed by atoms with van der Waals surface area (Å²) in [6.45, 7) is 3.73. The lowest BCUT2D eigenvalue weighted by molar-refractivity contribution is 0.619. The fraction of sp³-hybridized carbons (Fsp3) is 0.286. The number of hydrogen-bond donors (Lipinski definition) is 1. The molecule has 0 fully saturated rings. The van der Waals surface area contributed by atoms with Gasteiger partial charge < -0.3 is 5.32 Å². The molecule has 3 rings (SSSR count). The van der Waals surface area contributed by atoms with E-state index in [2.05, 4.69) is 15.3 Å². The van der Waals surface area contributed by atoms with Gasteiger partial charge in [0.2, 0.25) is 0 Å². The van der Waals surface area contributed by atoms with Gasteiger partial charge in [-0.25, -0.2) is 14.4 Å². The molecule has 0 atom stereocenters. The Morgan fingerprint density at radius 3 is 3.00 bits per heavy atom. The van der Waals surface area contributed by atoms with Crippen LogP contribution in [0, 0.1) is 12.7 Å². The lowest BCUT2D eigenvalue weighted by atomic mass is 10.0. The van der Waals surface area contributed by atoms with Gasteiger partial charge in [-0.05, 0) is 37.6 Å². The highest BCUT2D eigenvalue weighted by Crippen LogP contribution is 2.21. The lowest BCUT2D eigenvalue weighted by Crippen LogP contribution is -2.26. The van der Waals surface area contributed by atoms with Gasteiger partial charge in [-0.15, -0.1) is 0 Å². The first-order valence-electron chi connectivity index (χ1n) is 6.07. The van der Waals surface area contributed by atoms with Crippen LogP contribution in [0.5, 0.6) is 0 Å². The zero-order valence-corrected chi connectivity index (χ0v) is 10.2. The number of nitrogens with one attached hydrogen (secondary N) is 1. The van der Waals surface area contributed by atoms with Gasteiger partial charge >= 0.3 is 0 Å². The Labute approximate surface area is 105 Å². The van der Waals surface area contributed by atoms with Gasteiger partial charge in [0.25, 0.3) is 0 Å². The van der Waals surface area contributed by atoms with E-state index in [0.29, 0.717) is 5.82 Å². The molecule has 0 spiro atoms. The van der Waals surface area contributed by atoms with Gasteiger partial charge in [0.15, 0.2) is 5.82 Å². The van der Waals surface area contributed by atoms with Gasteiger partial charge in [0.05, 0.1) is 5.69 Å². The van der Waals surface area contributed by atoms with Crippen LogP contribution in [0.15, 0.2) is 24.3 Å². The molecule has 92 valence electrons. The van der Waals surface area contributed by atoms with Crippen molar-refractivity contribution in [2.45, 2.75) is 19.9 Å². The van der Waals surface area contributed by atoms with E-state index in [1.807, 2.05) is 13.0 Å². The van der Waals surface area contributed by atoms with Gasteiger partial charge in [0, 0.05) is 17.8 Å². The van der Waals surface area contributed by atoms with Crippen molar-refractivity contribution in [3.05, 3.63) is 47.0 Å². The summed E-state index contributed by atoms with van der Waals surface area (Å²) in [5.41, 5.74) is 3.99. The summed E-state index contributed by atoms with van der Waals surface area (Å²) in [5.74, 6) is 0.346. The minimum absolute atomic E-state index is 0.260. The monoisotopic (exact) mass is 243 g/mol.